The van der Waals surface area contributed by atoms with Gasteiger partial charge in [-0.15, -0.1) is 0 Å². The minimum atomic E-state index is -4.05. The summed E-state index contributed by atoms with van der Waals surface area (Å²) in [5.41, 5.74) is 0. The maximum atomic E-state index is 12.3. The molecular weight excluding hydrogens is 241 g/mol. The van der Waals surface area contributed by atoms with Gasteiger partial charge in [0.2, 0.25) is 0 Å². The van der Waals surface area contributed by atoms with Crippen molar-refractivity contribution in [1.82, 2.24) is 10.2 Å². The van der Waals surface area contributed by atoms with E-state index in [0.717, 1.165) is 19.4 Å². The van der Waals surface area contributed by atoms with Crippen LogP contribution < -0.4 is 5.32 Å². The van der Waals surface area contributed by atoms with Crippen LogP contribution in [0, 0.1) is 5.92 Å². The Bertz CT molecular complexity index is 243. The van der Waals surface area contributed by atoms with E-state index in [4.69, 9.17) is 0 Å². The van der Waals surface area contributed by atoms with Gasteiger partial charge in [0.05, 0.1) is 6.42 Å². The first-order valence-corrected chi connectivity index (χ1v) is 6.84. The Morgan fingerprint density at radius 2 is 1.94 bits per heavy atom. The smallest absolute Gasteiger partial charge is 0.313 e. The van der Waals surface area contributed by atoms with E-state index in [1.165, 1.54) is 6.42 Å². The topological polar surface area (TPSA) is 15.3 Å². The first-order valence-electron chi connectivity index (χ1n) is 6.84. The molecule has 1 aliphatic rings. The number of nitrogens with one attached hydrogen (secondary N) is 1. The maximum Gasteiger partial charge on any atom is 0.390 e. The molecule has 3 unspecified atom stereocenters. The average Bonchev–Trinajstić information content (AvgIpc) is 2.27. The van der Waals surface area contributed by atoms with E-state index < -0.39 is 12.6 Å². The summed E-state index contributed by atoms with van der Waals surface area (Å²) in [5.74, 6) is 0.609. The molecule has 108 valence electrons. The van der Waals surface area contributed by atoms with Crippen molar-refractivity contribution >= 4 is 0 Å². The van der Waals surface area contributed by atoms with Gasteiger partial charge in [0.25, 0.3) is 0 Å². The van der Waals surface area contributed by atoms with Crippen LogP contribution in [-0.4, -0.2) is 43.3 Å². The van der Waals surface area contributed by atoms with Crippen molar-refractivity contribution in [3.05, 3.63) is 0 Å². The Kier molecular flexibility index (Phi) is 5.92. The van der Waals surface area contributed by atoms with Crippen LogP contribution in [0.15, 0.2) is 0 Å². The van der Waals surface area contributed by atoms with Crippen molar-refractivity contribution in [3.63, 3.8) is 0 Å². The Morgan fingerprint density at radius 1 is 1.28 bits per heavy atom. The Hall–Kier alpha value is -0.290. The second kappa shape index (κ2) is 6.75. The third-order valence-electron chi connectivity index (χ3n) is 3.86. The number of hydrogen-bond donors (Lipinski definition) is 1. The predicted octanol–water partition coefficient (Wildman–Crippen LogP) is 3.04. The van der Waals surface area contributed by atoms with Gasteiger partial charge < -0.3 is 10.2 Å². The van der Waals surface area contributed by atoms with Gasteiger partial charge in [0, 0.05) is 18.6 Å². The van der Waals surface area contributed by atoms with Gasteiger partial charge in [0.1, 0.15) is 0 Å². The third kappa shape index (κ3) is 5.14. The van der Waals surface area contributed by atoms with Gasteiger partial charge in [-0.2, -0.15) is 13.2 Å². The standard InChI is InChI=1S/C13H25F3N2/c1-4-17-11-6-5-10(2)9-12(11)18(3)8-7-13(14,15)16/h10-12,17H,4-9H2,1-3H3. The largest absolute Gasteiger partial charge is 0.390 e. The molecule has 0 spiro atoms. The van der Waals surface area contributed by atoms with Gasteiger partial charge >= 0.3 is 6.18 Å². The van der Waals surface area contributed by atoms with Crippen molar-refractivity contribution in [2.75, 3.05) is 20.1 Å². The van der Waals surface area contributed by atoms with Crippen LogP contribution in [0.25, 0.3) is 0 Å². The van der Waals surface area contributed by atoms with Crippen LogP contribution in [0.5, 0.6) is 0 Å². The maximum absolute atomic E-state index is 12.3. The lowest BCUT2D eigenvalue weighted by molar-refractivity contribution is -0.139. The molecule has 0 radical (unpaired) electrons. The lowest BCUT2D eigenvalue weighted by Crippen LogP contribution is -2.52. The molecule has 1 aliphatic carbocycles. The fourth-order valence-corrected chi connectivity index (χ4v) is 2.81. The van der Waals surface area contributed by atoms with E-state index in [0.29, 0.717) is 12.0 Å². The second-order valence-electron chi connectivity index (χ2n) is 5.50. The monoisotopic (exact) mass is 266 g/mol. The Balaban J connectivity index is 2.52. The third-order valence-corrected chi connectivity index (χ3v) is 3.86. The van der Waals surface area contributed by atoms with Crippen molar-refractivity contribution in [1.29, 1.82) is 0 Å². The summed E-state index contributed by atoms with van der Waals surface area (Å²) in [4.78, 5) is 1.89. The fraction of sp³-hybridized carbons (Fsp3) is 1.00. The fourth-order valence-electron chi connectivity index (χ4n) is 2.81. The van der Waals surface area contributed by atoms with Crippen molar-refractivity contribution in [2.24, 2.45) is 5.92 Å². The zero-order chi connectivity index (χ0) is 13.8. The highest BCUT2D eigenvalue weighted by Crippen LogP contribution is 2.28. The number of likely N-dealkylation sites (N-methyl/N-ethyl adjacent to an activating group) is 2. The van der Waals surface area contributed by atoms with Gasteiger partial charge in [0.15, 0.2) is 0 Å². The molecule has 0 aromatic carbocycles. The van der Waals surface area contributed by atoms with Crippen LogP contribution in [0.1, 0.15) is 39.5 Å². The number of halogens is 3. The van der Waals surface area contributed by atoms with Crippen molar-refractivity contribution in [2.45, 2.75) is 57.8 Å². The molecule has 0 aliphatic heterocycles. The molecule has 0 heterocycles. The lowest BCUT2D eigenvalue weighted by Gasteiger charge is -2.41. The lowest BCUT2D eigenvalue weighted by atomic mass is 9.82. The van der Waals surface area contributed by atoms with Crippen molar-refractivity contribution in [3.8, 4) is 0 Å². The summed E-state index contributed by atoms with van der Waals surface area (Å²) in [6, 6.07) is 0.570. The molecule has 1 fully saturated rings. The van der Waals surface area contributed by atoms with Gasteiger partial charge in [-0.3, -0.25) is 0 Å². The normalized spacial score (nSPS) is 29.8. The molecule has 3 atom stereocenters. The molecule has 0 saturated heterocycles. The van der Waals surface area contributed by atoms with Gasteiger partial charge in [-0.1, -0.05) is 13.8 Å². The van der Waals surface area contributed by atoms with Gasteiger partial charge in [-0.05, 0) is 38.8 Å². The number of alkyl halides is 3. The highest BCUT2D eigenvalue weighted by molar-refractivity contribution is 4.89. The summed E-state index contributed by atoms with van der Waals surface area (Å²) in [6.07, 6.45) is -1.54. The van der Waals surface area contributed by atoms with E-state index in [9.17, 15) is 13.2 Å². The van der Waals surface area contributed by atoms with E-state index in [-0.39, 0.29) is 12.6 Å². The Morgan fingerprint density at radius 3 is 2.50 bits per heavy atom. The number of rotatable bonds is 5. The highest BCUT2D eigenvalue weighted by Gasteiger charge is 2.33. The minimum Gasteiger partial charge on any atom is -0.313 e. The molecule has 0 bridgehead atoms. The zero-order valence-electron chi connectivity index (χ0n) is 11.6. The molecular formula is C13H25F3N2. The molecule has 0 aromatic heterocycles. The quantitative estimate of drug-likeness (QED) is 0.823. The van der Waals surface area contributed by atoms with E-state index in [1.807, 2.05) is 18.9 Å². The van der Waals surface area contributed by atoms with Crippen LogP contribution >= 0.6 is 0 Å². The molecule has 2 nitrogen and oxygen atoms in total. The van der Waals surface area contributed by atoms with E-state index in [1.54, 1.807) is 0 Å². The average molecular weight is 266 g/mol. The SMILES string of the molecule is CCNC1CCC(C)CC1N(C)CCC(F)(F)F. The van der Waals surface area contributed by atoms with Gasteiger partial charge in [-0.25, -0.2) is 0 Å². The van der Waals surface area contributed by atoms with E-state index in [2.05, 4.69) is 12.2 Å². The first-order chi connectivity index (χ1) is 8.33. The molecule has 0 aromatic rings. The highest BCUT2D eigenvalue weighted by atomic mass is 19.4. The summed E-state index contributed by atoms with van der Waals surface area (Å²) in [5, 5.41) is 3.41. The summed E-state index contributed by atoms with van der Waals surface area (Å²) >= 11 is 0. The molecule has 5 heteroatoms. The van der Waals surface area contributed by atoms with Crippen LogP contribution in [0.2, 0.25) is 0 Å². The molecule has 18 heavy (non-hydrogen) atoms. The van der Waals surface area contributed by atoms with Crippen LogP contribution in [0.4, 0.5) is 13.2 Å². The summed E-state index contributed by atoms with van der Waals surface area (Å²) in [7, 11) is 1.82. The summed E-state index contributed by atoms with van der Waals surface area (Å²) in [6.45, 7) is 5.21. The first kappa shape index (κ1) is 15.8. The Labute approximate surface area is 108 Å². The molecule has 1 N–H and O–H groups in total. The summed E-state index contributed by atoms with van der Waals surface area (Å²) < 4.78 is 36.8. The number of hydrogen-bond acceptors (Lipinski definition) is 2. The zero-order valence-corrected chi connectivity index (χ0v) is 11.6. The van der Waals surface area contributed by atoms with E-state index >= 15 is 0 Å². The second-order valence-corrected chi connectivity index (χ2v) is 5.50. The number of nitrogens with zero attached hydrogens (tertiary/aromatic N) is 1. The molecule has 1 rings (SSSR count). The molecule has 1 saturated carbocycles. The minimum absolute atomic E-state index is 0.1000. The van der Waals surface area contributed by atoms with Crippen LogP contribution in [-0.2, 0) is 0 Å². The predicted molar refractivity (Wildman–Crippen MR) is 67.6 cm³/mol. The van der Waals surface area contributed by atoms with Crippen molar-refractivity contribution < 1.29 is 13.2 Å². The molecule has 0 amide bonds. The van der Waals surface area contributed by atoms with Crippen LogP contribution in [0.3, 0.4) is 0 Å².